The van der Waals surface area contributed by atoms with E-state index >= 15 is 0 Å². The first-order chi connectivity index (χ1) is 6.03. The molecule has 1 fully saturated rings. The molecule has 0 saturated carbocycles. The van der Waals surface area contributed by atoms with E-state index < -0.39 is 0 Å². The number of carbonyl (C=O) groups excluding carboxylic acids is 1. The zero-order valence-corrected chi connectivity index (χ0v) is 8.47. The van der Waals surface area contributed by atoms with Gasteiger partial charge >= 0.3 is 0 Å². The molecule has 0 radical (unpaired) electrons. The van der Waals surface area contributed by atoms with Crippen molar-refractivity contribution in [1.82, 2.24) is 10.3 Å². The molecule has 0 aliphatic carbocycles. The first kappa shape index (κ1) is 10.5. The molecule has 0 atom stereocenters. The zero-order chi connectivity index (χ0) is 9.90. The van der Waals surface area contributed by atoms with Crippen LogP contribution in [-0.2, 0) is 4.79 Å². The number of rotatable bonds is 2. The smallest absolute Gasteiger partial charge is 0.248 e. The van der Waals surface area contributed by atoms with Crippen molar-refractivity contribution in [2.45, 2.75) is 26.7 Å². The lowest BCUT2D eigenvalue weighted by molar-refractivity contribution is -0.122. The summed E-state index contributed by atoms with van der Waals surface area (Å²) in [5.74, 6) is 4.92. The molecule has 0 aromatic heterocycles. The highest BCUT2D eigenvalue weighted by molar-refractivity contribution is 5.77. The summed E-state index contributed by atoms with van der Waals surface area (Å²) in [7, 11) is 0. The average molecular weight is 185 g/mol. The number of hydrazine groups is 1. The van der Waals surface area contributed by atoms with Crippen LogP contribution in [0.3, 0.4) is 0 Å². The molecule has 0 spiro atoms. The average Bonchev–Trinajstić information content (AvgIpc) is 2.08. The van der Waals surface area contributed by atoms with Crippen molar-refractivity contribution in [3.63, 3.8) is 0 Å². The molecule has 4 heteroatoms. The van der Waals surface area contributed by atoms with Crippen molar-refractivity contribution < 1.29 is 4.79 Å². The van der Waals surface area contributed by atoms with Gasteiger partial charge in [0.1, 0.15) is 0 Å². The summed E-state index contributed by atoms with van der Waals surface area (Å²) >= 11 is 0. The second-order valence-corrected chi connectivity index (χ2v) is 4.51. The van der Waals surface area contributed by atoms with Gasteiger partial charge in [-0.3, -0.25) is 15.1 Å². The van der Waals surface area contributed by atoms with Crippen LogP contribution in [0.2, 0.25) is 0 Å². The lowest BCUT2D eigenvalue weighted by atomic mass is 9.83. The third-order valence-electron chi connectivity index (χ3n) is 2.74. The quantitative estimate of drug-likeness (QED) is 0.364. The van der Waals surface area contributed by atoms with E-state index in [9.17, 15) is 4.79 Å². The summed E-state index contributed by atoms with van der Waals surface area (Å²) in [6, 6.07) is 0. The highest BCUT2D eigenvalue weighted by Crippen LogP contribution is 2.29. The van der Waals surface area contributed by atoms with E-state index in [0.29, 0.717) is 12.0 Å². The first-order valence-electron chi connectivity index (χ1n) is 4.75. The molecule has 1 rings (SSSR count). The molecule has 1 heterocycles. The minimum Gasteiger partial charge on any atom is -0.294 e. The van der Waals surface area contributed by atoms with Crippen LogP contribution in [0.25, 0.3) is 0 Å². The standard InChI is InChI=1S/C9H19N3O/c1-9(2)3-5-12(6-4-9)7-8(13)11-10/h3-7,10H2,1-2H3,(H,11,13). The van der Waals surface area contributed by atoms with Crippen LogP contribution < -0.4 is 11.3 Å². The summed E-state index contributed by atoms with van der Waals surface area (Å²) in [4.78, 5) is 13.1. The minimum atomic E-state index is -0.0975. The number of likely N-dealkylation sites (tertiary alicyclic amines) is 1. The molecule has 3 N–H and O–H groups in total. The largest absolute Gasteiger partial charge is 0.294 e. The maximum atomic E-state index is 11.0. The van der Waals surface area contributed by atoms with E-state index in [1.54, 1.807) is 0 Å². The fourth-order valence-electron chi connectivity index (χ4n) is 1.57. The summed E-state index contributed by atoms with van der Waals surface area (Å²) in [6.45, 7) is 6.98. The van der Waals surface area contributed by atoms with Crippen molar-refractivity contribution in [3.8, 4) is 0 Å². The van der Waals surface area contributed by atoms with Crippen molar-refractivity contribution in [2.24, 2.45) is 11.3 Å². The summed E-state index contributed by atoms with van der Waals surface area (Å²) in [5, 5.41) is 0. The highest BCUT2D eigenvalue weighted by Gasteiger charge is 2.25. The molecule has 4 nitrogen and oxygen atoms in total. The van der Waals surface area contributed by atoms with Crippen LogP contribution in [0.1, 0.15) is 26.7 Å². The van der Waals surface area contributed by atoms with Gasteiger partial charge in [-0.25, -0.2) is 5.84 Å². The fourth-order valence-corrected chi connectivity index (χ4v) is 1.57. The number of piperidine rings is 1. The summed E-state index contributed by atoms with van der Waals surface area (Å²) < 4.78 is 0. The Bertz CT molecular complexity index is 181. The molecule has 76 valence electrons. The number of amides is 1. The van der Waals surface area contributed by atoms with Gasteiger partial charge < -0.3 is 0 Å². The Kier molecular flexibility index (Phi) is 3.27. The predicted octanol–water partition coefficient (Wildman–Crippen LogP) is 0.0983. The predicted molar refractivity (Wildman–Crippen MR) is 51.8 cm³/mol. The van der Waals surface area contributed by atoms with Gasteiger partial charge in [0, 0.05) is 0 Å². The third kappa shape index (κ3) is 3.32. The highest BCUT2D eigenvalue weighted by atomic mass is 16.2. The summed E-state index contributed by atoms with van der Waals surface area (Å²) in [6.07, 6.45) is 2.32. The summed E-state index contributed by atoms with van der Waals surface area (Å²) in [5.41, 5.74) is 2.59. The molecule has 1 aliphatic heterocycles. The van der Waals surface area contributed by atoms with E-state index in [-0.39, 0.29) is 5.91 Å². The normalized spacial score (nSPS) is 22.7. The SMILES string of the molecule is CC1(C)CCN(CC(=O)NN)CC1. The van der Waals surface area contributed by atoms with Gasteiger partial charge in [0.15, 0.2) is 0 Å². The van der Waals surface area contributed by atoms with Gasteiger partial charge in [-0.05, 0) is 31.3 Å². The van der Waals surface area contributed by atoms with Crippen LogP contribution in [0.5, 0.6) is 0 Å². The third-order valence-corrected chi connectivity index (χ3v) is 2.74. The van der Waals surface area contributed by atoms with Crippen LogP contribution >= 0.6 is 0 Å². The zero-order valence-electron chi connectivity index (χ0n) is 8.47. The second-order valence-electron chi connectivity index (χ2n) is 4.51. The molecule has 0 aromatic rings. The molecule has 0 bridgehead atoms. The van der Waals surface area contributed by atoms with Crippen molar-refractivity contribution in [1.29, 1.82) is 0 Å². The molecular weight excluding hydrogens is 166 g/mol. The lowest BCUT2D eigenvalue weighted by Crippen LogP contribution is -2.44. The van der Waals surface area contributed by atoms with E-state index in [2.05, 4.69) is 24.2 Å². The molecule has 1 aliphatic rings. The molecule has 0 aromatic carbocycles. The number of carbonyl (C=O) groups is 1. The van der Waals surface area contributed by atoms with Crippen LogP contribution in [0.4, 0.5) is 0 Å². The van der Waals surface area contributed by atoms with E-state index in [0.717, 1.165) is 25.9 Å². The van der Waals surface area contributed by atoms with Crippen LogP contribution in [0.15, 0.2) is 0 Å². The Hall–Kier alpha value is -0.610. The van der Waals surface area contributed by atoms with Crippen molar-refractivity contribution >= 4 is 5.91 Å². The van der Waals surface area contributed by atoms with E-state index in [1.807, 2.05) is 0 Å². The van der Waals surface area contributed by atoms with Crippen molar-refractivity contribution in [2.75, 3.05) is 19.6 Å². The molecule has 1 saturated heterocycles. The van der Waals surface area contributed by atoms with Gasteiger partial charge in [0.25, 0.3) is 0 Å². The number of nitrogens with one attached hydrogen (secondary N) is 1. The molecule has 1 amide bonds. The Labute approximate surface area is 79.4 Å². The van der Waals surface area contributed by atoms with Gasteiger partial charge in [0.05, 0.1) is 6.54 Å². The minimum absolute atomic E-state index is 0.0975. The maximum Gasteiger partial charge on any atom is 0.248 e. The topological polar surface area (TPSA) is 58.4 Å². The maximum absolute atomic E-state index is 11.0. The molecular formula is C9H19N3O. The van der Waals surface area contributed by atoms with Gasteiger partial charge in [-0.2, -0.15) is 0 Å². The number of hydrogen-bond acceptors (Lipinski definition) is 3. The Morgan fingerprint density at radius 3 is 2.46 bits per heavy atom. The fraction of sp³-hybridized carbons (Fsp3) is 0.889. The van der Waals surface area contributed by atoms with Gasteiger partial charge in [-0.1, -0.05) is 13.8 Å². The Morgan fingerprint density at radius 1 is 1.46 bits per heavy atom. The molecule has 0 unspecified atom stereocenters. The Balaban J connectivity index is 2.29. The van der Waals surface area contributed by atoms with Crippen LogP contribution in [-0.4, -0.2) is 30.4 Å². The lowest BCUT2D eigenvalue weighted by Gasteiger charge is -2.36. The second kappa shape index (κ2) is 4.07. The van der Waals surface area contributed by atoms with Gasteiger partial charge in [0.2, 0.25) is 5.91 Å². The van der Waals surface area contributed by atoms with Crippen molar-refractivity contribution in [3.05, 3.63) is 0 Å². The Morgan fingerprint density at radius 2 is 2.00 bits per heavy atom. The first-order valence-corrected chi connectivity index (χ1v) is 4.75. The number of nitrogens with two attached hydrogens (primary N) is 1. The van der Waals surface area contributed by atoms with E-state index in [1.165, 1.54) is 0 Å². The monoisotopic (exact) mass is 185 g/mol. The van der Waals surface area contributed by atoms with E-state index in [4.69, 9.17) is 5.84 Å². The number of hydrogen-bond donors (Lipinski definition) is 2. The number of nitrogens with zero attached hydrogens (tertiary/aromatic N) is 1. The van der Waals surface area contributed by atoms with Gasteiger partial charge in [-0.15, -0.1) is 0 Å². The molecule has 13 heavy (non-hydrogen) atoms. The van der Waals surface area contributed by atoms with Crippen LogP contribution in [0, 0.1) is 5.41 Å².